The van der Waals surface area contributed by atoms with E-state index in [0.29, 0.717) is 13.2 Å². The Morgan fingerprint density at radius 1 is 1.27 bits per heavy atom. The molecule has 0 atom stereocenters. The highest BCUT2D eigenvalue weighted by molar-refractivity contribution is 6.31. The van der Waals surface area contributed by atoms with E-state index >= 15 is 0 Å². The van der Waals surface area contributed by atoms with Crippen molar-refractivity contribution < 1.29 is 18.3 Å². The quantitative estimate of drug-likeness (QED) is 0.696. The molecule has 15 heavy (non-hydrogen) atoms. The molecule has 1 aliphatic rings. The van der Waals surface area contributed by atoms with Gasteiger partial charge >= 0.3 is 0 Å². The fraction of sp³-hybridized carbons (Fsp3) is 0.400. The van der Waals surface area contributed by atoms with Gasteiger partial charge in [0.1, 0.15) is 0 Å². The first-order chi connectivity index (χ1) is 7.11. The fourth-order valence-electron chi connectivity index (χ4n) is 1.41. The van der Waals surface area contributed by atoms with Gasteiger partial charge in [0.15, 0.2) is 17.9 Å². The zero-order valence-electron chi connectivity index (χ0n) is 8.02. The lowest BCUT2D eigenvalue weighted by atomic mass is 10.1. The Bertz CT molecular complexity index is 389. The maximum atomic E-state index is 13.5. The van der Waals surface area contributed by atoms with Crippen molar-refractivity contribution in [2.24, 2.45) is 0 Å². The fourth-order valence-corrected chi connectivity index (χ4v) is 1.61. The molecule has 1 fully saturated rings. The Labute approximate surface area is 90.7 Å². The zero-order chi connectivity index (χ0) is 11.0. The third-order valence-electron chi connectivity index (χ3n) is 2.29. The second-order valence-electron chi connectivity index (χ2n) is 3.27. The summed E-state index contributed by atoms with van der Waals surface area (Å²) in [5.41, 5.74) is 0.108. The average Bonchev–Trinajstić information content (AvgIpc) is 2.73. The molecular weight excluding hydrogens is 226 g/mol. The number of benzene rings is 1. The van der Waals surface area contributed by atoms with Crippen LogP contribution in [0.3, 0.4) is 0 Å². The van der Waals surface area contributed by atoms with E-state index in [1.54, 1.807) is 0 Å². The molecule has 1 aliphatic heterocycles. The van der Waals surface area contributed by atoms with Crippen LogP contribution < -0.4 is 0 Å². The van der Waals surface area contributed by atoms with Gasteiger partial charge in [0.25, 0.3) is 0 Å². The molecule has 0 aromatic heterocycles. The summed E-state index contributed by atoms with van der Waals surface area (Å²) >= 11 is 5.75. The van der Waals surface area contributed by atoms with Crippen molar-refractivity contribution in [1.29, 1.82) is 0 Å². The zero-order valence-corrected chi connectivity index (χ0v) is 8.78. The summed E-state index contributed by atoms with van der Waals surface area (Å²) in [7, 11) is 0. The number of halogens is 3. The molecule has 2 nitrogen and oxygen atoms in total. The monoisotopic (exact) mass is 234 g/mol. The van der Waals surface area contributed by atoms with E-state index in [2.05, 4.69) is 0 Å². The van der Waals surface area contributed by atoms with E-state index in [1.165, 1.54) is 13.0 Å². The normalized spacial score (nSPS) is 17.3. The SMILES string of the molecule is Cc1c(Cl)cc(C2OCCO2)c(F)c1F. The molecule has 5 heteroatoms. The van der Waals surface area contributed by atoms with Crippen LogP contribution in [0.4, 0.5) is 8.78 Å². The number of hydrogen-bond donors (Lipinski definition) is 0. The standard InChI is InChI=1S/C10H9ClF2O2/c1-5-7(11)4-6(9(13)8(5)12)10-14-2-3-15-10/h4,10H,2-3H2,1H3. The average molecular weight is 235 g/mol. The van der Waals surface area contributed by atoms with Crippen LogP contribution in [0.25, 0.3) is 0 Å². The predicted molar refractivity (Wildman–Crippen MR) is 50.8 cm³/mol. The topological polar surface area (TPSA) is 18.5 Å². The second kappa shape index (κ2) is 4.04. The molecule has 0 spiro atoms. The summed E-state index contributed by atoms with van der Waals surface area (Å²) in [4.78, 5) is 0. The lowest BCUT2D eigenvalue weighted by Gasteiger charge is -2.12. The highest BCUT2D eigenvalue weighted by Gasteiger charge is 2.25. The Hall–Kier alpha value is -0.710. The summed E-state index contributed by atoms with van der Waals surface area (Å²) in [5, 5.41) is 0.169. The molecule has 0 unspecified atom stereocenters. The smallest absolute Gasteiger partial charge is 0.187 e. The molecule has 82 valence electrons. The van der Waals surface area contributed by atoms with Gasteiger partial charge in [0.2, 0.25) is 0 Å². The van der Waals surface area contributed by atoms with Gasteiger partial charge in [0.05, 0.1) is 13.2 Å². The minimum absolute atomic E-state index is 0.0144. The summed E-state index contributed by atoms with van der Waals surface area (Å²) in [6, 6.07) is 1.34. The number of rotatable bonds is 1. The van der Waals surface area contributed by atoms with Gasteiger partial charge in [-0.2, -0.15) is 0 Å². The lowest BCUT2D eigenvalue weighted by molar-refractivity contribution is -0.0468. The molecule has 0 radical (unpaired) electrons. The lowest BCUT2D eigenvalue weighted by Crippen LogP contribution is -2.05. The third kappa shape index (κ3) is 1.85. The van der Waals surface area contributed by atoms with Gasteiger partial charge in [-0.15, -0.1) is 0 Å². The molecule has 1 heterocycles. The minimum Gasteiger partial charge on any atom is -0.346 e. The van der Waals surface area contributed by atoms with Crippen LogP contribution in [0, 0.1) is 18.6 Å². The van der Waals surface area contributed by atoms with Crippen molar-refractivity contribution in [1.82, 2.24) is 0 Å². The maximum Gasteiger partial charge on any atom is 0.187 e. The first-order valence-electron chi connectivity index (χ1n) is 4.48. The first kappa shape index (κ1) is 10.8. The van der Waals surface area contributed by atoms with Gasteiger partial charge in [-0.25, -0.2) is 8.78 Å². The van der Waals surface area contributed by atoms with E-state index in [4.69, 9.17) is 21.1 Å². The molecule has 1 aromatic carbocycles. The predicted octanol–water partition coefficient (Wildman–Crippen LogP) is 2.97. The van der Waals surface area contributed by atoms with E-state index in [-0.39, 0.29) is 16.1 Å². The van der Waals surface area contributed by atoms with Crippen LogP contribution in [-0.4, -0.2) is 13.2 Å². The molecule has 0 bridgehead atoms. The Kier molecular flexibility index (Phi) is 2.91. The highest BCUT2D eigenvalue weighted by atomic mass is 35.5. The van der Waals surface area contributed by atoms with Crippen molar-refractivity contribution in [3.8, 4) is 0 Å². The van der Waals surface area contributed by atoms with E-state index in [1.807, 2.05) is 0 Å². The van der Waals surface area contributed by atoms with Crippen LogP contribution >= 0.6 is 11.6 Å². The minimum atomic E-state index is -0.955. The highest BCUT2D eigenvalue weighted by Crippen LogP contribution is 2.31. The molecular formula is C10H9ClF2O2. The summed E-state index contributed by atoms with van der Waals surface area (Å²) in [6.45, 7) is 2.16. The van der Waals surface area contributed by atoms with Crippen molar-refractivity contribution in [3.05, 3.63) is 33.9 Å². The molecule has 1 saturated heterocycles. The third-order valence-corrected chi connectivity index (χ3v) is 2.68. The maximum absolute atomic E-state index is 13.5. The summed E-state index contributed by atoms with van der Waals surface area (Å²) in [6.07, 6.45) is -0.849. The van der Waals surface area contributed by atoms with Crippen LogP contribution in [0.2, 0.25) is 5.02 Å². The summed E-state index contributed by atoms with van der Waals surface area (Å²) in [5.74, 6) is -1.90. The summed E-state index contributed by atoms with van der Waals surface area (Å²) < 4.78 is 37.0. The van der Waals surface area contributed by atoms with E-state index in [9.17, 15) is 8.78 Å². The molecule has 0 aliphatic carbocycles. The van der Waals surface area contributed by atoms with E-state index < -0.39 is 17.9 Å². The molecule has 2 rings (SSSR count). The Balaban J connectivity index is 2.47. The van der Waals surface area contributed by atoms with Gasteiger partial charge in [-0.1, -0.05) is 11.6 Å². The van der Waals surface area contributed by atoms with Crippen molar-refractivity contribution in [3.63, 3.8) is 0 Å². The second-order valence-corrected chi connectivity index (χ2v) is 3.68. The van der Waals surface area contributed by atoms with Crippen LogP contribution in [0.1, 0.15) is 17.4 Å². The van der Waals surface area contributed by atoms with Crippen LogP contribution in [0.5, 0.6) is 0 Å². The number of ether oxygens (including phenoxy) is 2. The molecule has 1 aromatic rings. The van der Waals surface area contributed by atoms with Gasteiger partial charge in [-0.05, 0) is 13.0 Å². The van der Waals surface area contributed by atoms with Crippen LogP contribution in [0.15, 0.2) is 6.07 Å². The van der Waals surface area contributed by atoms with Crippen LogP contribution in [-0.2, 0) is 9.47 Å². The molecule has 0 saturated carbocycles. The van der Waals surface area contributed by atoms with Crippen molar-refractivity contribution in [2.45, 2.75) is 13.2 Å². The molecule has 0 amide bonds. The number of hydrogen-bond acceptors (Lipinski definition) is 2. The Morgan fingerprint density at radius 2 is 1.87 bits per heavy atom. The van der Waals surface area contributed by atoms with Crippen molar-refractivity contribution in [2.75, 3.05) is 13.2 Å². The van der Waals surface area contributed by atoms with E-state index in [0.717, 1.165) is 0 Å². The van der Waals surface area contributed by atoms with Gasteiger partial charge in [0, 0.05) is 16.1 Å². The van der Waals surface area contributed by atoms with Crippen molar-refractivity contribution >= 4 is 11.6 Å². The van der Waals surface area contributed by atoms with Gasteiger partial charge < -0.3 is 9.47 Å². The molecule has 0 N–H and O–H groups in total. The van der Waals surface area contributed by atoms with Gasteiger partial charge in [-0.3, -0.25) is 0 Å². The first-order valence-corrected chi connectivity index (χ1v) is 4.86. The Morgan fingerprint density at radius 3 is 2.47 bits per heavy atom. The largest absolute Gasteiger partial charge is 0.346 e.